The van der Waals surface area contributed by atoms with Crippen molar-refractivity contribution in [2.45, 2.75) is 65.3 Å². The Morgan fingerprint density at radius 2 is 1.62 bits per heavy atom. The second-order valence-corrected chi connectivity index (χ2v) is 23.6. The summed E-state index contributed by atoms with van der Waals surface area (Å²) >= 11 is 0. The molecule has 0 aliphatic rings. The van der Waals surface area contributed by atoms with Gasteiger partial charge in [0.05, 0.1) is 8.80 Å². The predicted molar refractivity (Wildman–Crippen MR) is 115 cm³/mol. The lowest BCUT2D eigenvalue weighted by Gasteiger charge is -2.40. The van der Waals surface area contributed by atoms with E-state index in [0.717, 1.165) is 25.4 Å². The fraction of sp³-hybridized carbons (Fsp3) is 1.00. The van der Waals surface area contributed by atoms with E-state index >= 15 is 0 Å². The van der Waals surface area contributed by atoms with E-state index in [1.807, 2.05) is 0 Å². The van der Waals surface area contributed by atoms with Crippen LogP contribution in [0.4, 0.5) is 0 Å². The third kappa shape index (κ3) is 12.9. The van der Waals surface area contributed by atoms with Crippen LogP contribution in [0.25, 0.3) is 0 Å². The van der Waals surface area contributed by atoms with Gasteiger partial charge in [0.1, 0.15) is 0 Å². The molecule has 0 amide bonds. The molecule has 24 heavy (non-hydrogen) atoms. The van der Waals surface area contributed by atoms with E-state index in [0.29, 0.717) is 12.5 Å². The molecule has 9 heteroatoms. The van der Waals surface area contributed by atoms with Crippen molar-refractivity contribution in [3.8, 4) is 0 Å². The Balaban J connectivity index is 4.93. The largest absolute Gasteiger partial charge is 0.437 e. The third-order valence-electron chi connectivity index (χ3n) is 3.28. The monoisotopic (exact) mass is 410 g/mol. The van der Waals surface area contributed by atoms with Crippen molar-refractivity contribution < 1.29 is 12.7 Å². The van der Waals surface area contributed by atoms with E-state index < -0.39 is 34.2 Å². The van der Waals surface area contributed by atoms with Crippen molar-refractivity contribution in [2.24, 2.45) is 11.7 Å². The molecule has 0 saturated carbocycles. The molecule has 0 fully saturated rings. The van der Waals surface area contributed by atoms with Crippen LogP contribution in [-0.2, 0) is 12.7 Å². The molecule has 0 aliphatic heterocycles. The molecule has 0 bridgehead atoms. The minimum Gasteiger partial charge on any atom is -0.437 e. The summed E-state index contributed by atoms with van der Waals surface area (Å²) < 4.78 is 19.5. The smallest absolute Gasteiger partial charge is 0.322 e. The highest BCUT2D eigenvalue weighted by atomic mass is 28.5. The first kappa shape index (κ1) is 24.7. The van der Waals surface area contributed by atoms with Gasteiger partial charge < -0.3 is 23.7 Å². The van der Waals surface area contributed by atoms with E-state index in [4.69, 9.17) is 18.4 Å². The van der Waals surface area contributed by atoms with Crippen molar-refractivity contribution in [3.05, 3.63) is 0 Å². The van der Waals surface area contributed by atoms with Crippen molar-refractivity contribution in [1.29, 1.82) is 0 Å². The van der Waals surface area contributed by atoms with Gasteiger partial charge in [-0.15, -0.1) is 0 Å². The van der Waals surface area contributed by atoms with Gasteiger partial charge in [0.15, 0.2) is 8.32 Å². The van der Waals surface area contributed by atoms with Gasteiger partial charge in [-0.05, 0) is 57.8 Å². The topological polar surface area (TPSA) is 65.7 Å². The summed E-state index contributed by atoms with van der Waals surface area (Å²) in [6.07, 6.45) is 0.893. The Morgan fingerprint density at radius 3 is 2.08 bits per heavy atom. The van der Waals surface area contributed by atoms with Gasteiger partial charge in [0.25, 0.3) is 0 Å². The summed E-state index contributed by atoms with van der Waals surface area (Å²) in [5, 5.41) is 3.41. The number of nitrogens with two attached hydrogens (primary N) is 1. The van der Waals surface area contributed by atoms with E-state index in [2.05, 4.69) is 64.6 Å². The SMILES string of the molecule is CC(CNCCN)C[Si](C)(O[Si](C)(C)C)O[Si](C)(C)OC[SiH](C)C. The maximum atomic E-state index is 6.67. The highest BCUT2D eigenvalue weighted by molar-refractivity contribution is 6.86. The van der Waals surface area contributed by atoms with E-state index in [-0.39, 0.29) is 0 Å². The summed E-state index contributed by atoms with van der Waals surface area (Å²) in [7, 11) is -6.83. The standard InChI is InChI=1S/C15H42N2O3Si4/c1-15(12-17-11-10-16)13-24(9,19-22(4,5)6)20-23(7,8)18-14-21(2)3/h15,17,21H,10-14,16H2,1-9H3. The first-order valence-electron chi connectivity index (χ1n) is 9.24. The second-order valence-electron chi connectivity index (χ2n) is 8.86. The fourth-order valence-corrected chi connectivity index (χ4v) is 18.0. The number of hydrogen-bond donors (Lipinski definition) is 2. The average Bonchev–Trinajstić information content (AvgIpc) is 2.33. The predicted octanol–water partition coefficient (Wildman–Crippen LogP) is 2.86. The first-order valence-corrected chi connectivity index (χ1v) is 21.1. The fourth-order valence-electron chi connectivity index (χ4n) is 2.82. The molecule has 0 radical (unpaired) electrons. The van der Waals surface area contributed by atoms with Gasteiger partial charge in [-0.2, -0.15) is 0 Å². The molecule has 0 spiro atoms. The quantitative estimate of drug-likeness (QED) is 0.361. The molecular weight excluding hydrogens is 369 g/mol. The lowest BCUT2D eigenvalue weighted by molar-refractivity contribution is 0.257. The Labute approximate surface area is 155 Å². The van der Waals surface area contributed by atoms with E-state index in [1.165, 1.54) is 0 Å². The average molecular weight is 411 g/mol. The molecule has 0 aliphatic carbocycles. The Bertz CT molecular complexity index is 354. The van der Waals surface area contributed by atoms with Crippen LogP contribution in [0.2, 0.25) is 58.4 Å². The van der Waals surface area contributed by atoms with Gasteiger partial charge in [0.2, 0.25) is 0 Å². The maximum Gasteiger partial charge on any atom is 0.322 e. The summed E-state index contributed by atoms with van der Waals surface area (Å²) in [6, 6.07) is 0.994. The molecular formula is C15H42N2O3Si4. The molecule has 0 aromatic heterocycles. The van der Waals surface area contributed by atoms with Crippen molar-refractivity contribution in [3.63, 3.8) is 0 Å². The van der Waals surface area contributed by atoms with Crippen LogP contribution in [0.3, 0.4) is 0 Å². The molecule has 2 atom stereocenters. The molecule has 0 heterocycles. The van der Waals surface area contributed by atoms with Crippen molar-refractivity contribution in [1.82, 2.24) is 5.32 Å². The van der Waals surface area contributed by atoms with Gasteiger partial charge in [-0.1, -0.05) is 20.0 Å². The number of hydrogen-bond acceptors (Lipinski definition) is 5. The number of nitrogens with one attached hydrogen (secondary N) is 1. The van der Waals surface area contributed by atoms with Crippen LogP contribution in [0.5, 0.6) is 0 Å². The minimum atomic E-state index is -2.27. The van der Waals surface area contributed by atoms with Crippen molar-refractivity contribution in [2.75, 3.05) is 25.9 Å². The van der Waals surface area contributed by atoms with Crippen LogP contribution in [0, 0.1) is 5.92 Å². The zero-order chi connectivity index (χ0) is 19.0. The van der Waals surface area contributed by atoms with Gasteiger partial charge in [0, 0.05) is 19.3 Å². The van der Waals surface area contributed by atoms with Crippen LogP contribution in [0.15, 0.2) is 0 Å². The lowest BCUT2D eigenvalue weighted by atomic mass is 10.2. The van der Waals surface area contributed by atoms with Crippen LogP contribution >= 0.6 is 0 Å². The molecule has 2 unspecified atom stereocenters. The summed E-state index contributed by atoms with van der Waals surface area (Å²) in [4.78, 5) is 0. The van der Waals surface area contributed by atoms with Crippen LogP contribution in [-0.4, -0.2) is 60.1 Å². The molecule has 0 aromatic rings. The van der Waals surface area contributed by atoms with Gasteiger partial charge in [-0.3, -0.25) is 0 Å². The highest BCUT2D eigenvalue weighted by Crippen LogP contribution is 2.27. The summed E-state index contributed by atoms with van der Waals surface area (Å²) in [5.74, 6) is 0.508. The molecule has 0 rings (SSSR count). The molecule has 5 nitrogen and oxygen atoms in total. The summed E-state index contributed by atoms with van der Waals surface area (Å²) in [5.41, 5.74) is 5.56. The molecule has 3 N–H and O–H groups in total. The lowest BCUT2D eigenvalue weighted by Crippen LogP contribution is -2.56. The second kappa shape index (κ2) is 10.7. The molecule has 0 aromatic carbocycles. The van der Waals surface area contributed by atoms with E-state index in [9.17, 15) is 0 Å². The zero-order valence-electron chi connectivity index (χ0n) is 17.5. The maximum absolute atomic E-state index is 6.67. The minimum absolute atomic E-state index is 0.508. The van der Waals surface area contributed by atoms with Crippen LogP contribution in [0.1, 0.15) is 6.92 Å². The number of rotatable bonds is 13. The Kier molecular flexibility index (Phi) is 11.0. The van der Waals surface area contributed by atoms with Crippen molar-refractivity contribution >= 4 is 34.2 Å². The highest BCUT2D eigenvalue weighted by Gasteiger charge is 2.43. The molecule has 146 valence electrons. The van der Waals surface area contributed by atoms with Gasteiger partial charge >= 0.3 is 17.1 Å². The first-order chi connectivity index (χ1) is 10.8. The van der Waals surface area contributed by atoms with E-state index in [1.54, 1.807) is 0 Å². The van der Waals surface area contributed by atoms with Crippen LogP contribution < -0.4 is 11.1 Å². The molecule has 0 saturated heterocycles. The van der Waals surface area contributed by atoms with Gasteiger partial charge in [-0.25, -0.2) is 0 Å². The Morgan fingerprint density at radius 1 is 1.04 bits per heavy atom. The zero-order valence-corrected chi connectivity index (χ0v) is 21.6. The Hall–Kier alpha value is 0.668. The summed E-state index contributed by atoms with van der Waals surface area (Å²) in [6.45, 7) is 22.7. The normalized spacial score (nSPS) is 17.1. The third-order valence-corrected chi connectivity index (χ3v) is 14.6.